The summed E-state index contributed by atoms with van der Waals surface area (Å²) in [4.78, 5) is 13.3. The summed E-state index contributed by atoms with van der Waals surface area (Å²) in [6, 6.07) is 4.54. The molecule has 0 saturated carbocycles. The van der Waals surface area contributed by atoms with Crippen molar-refractivity contribution in [3.8, 4) is 0 Å². The van der Waals surface area contributed by atoms with E-state index in [4.69, 9.17) is 4.42 Å². The minimum absolute atomic E-state index is 0.412. The number of hydrogen-bond donors (Lipinski definition) is 0. The standard InChI is InChI=1S/C7H3BrN2O3/c8-4-1-2-6-5(3-4)9-7(13-6)10(11)12/h1-3H. The van der Waals surface area contributed by atoms with Gasteiger partial charge in [-0.05, 0) is 12.1 Å². The molecule has 5 nitrogen and oxygen atoms in total. The number of aromatic nitrogens is 1. The molecule has 0 saturated heterocycles. The Kier molecular flexibility index (Phi) is 1.77. The van der Waals surface area contributed by atoms with Crippen molar-refractivity contribution in [2.75, 3.05) is 0 Å². The highest BCUT2D eigenvalue weighted by molar-refractivity contribution is 9.10. The summed E-state index contributed by atoms with van der Waals surface area (Å²) in [6.07, 6.45) is 0. The first-order valence-electron chi connectivity index (χ1n) is 3.37. The van der Waals surface area contributed by atoms with E-state index in [1.165, 1.54) is 0 Å². The molecule has 2 aromatic rings. The fourth-order valence-electron chi connectivity index (χ4n) is 0.967. The fourth-order valence-corrected chi connectivity index (χ4v) is 1.32. The molecule has 0 spiro atoms. The third kappa shape index (κ3) is 1.40. The summed E-state index contributed by atoms with van der Waals surface area (Å²) < 4.78 is 5.66. The number of nitrogens with zero attached hydrogens (tertiary/aromatic N) is 2. The van der Waals surface area contributed by atoms with Crippen LogP contribution in [0.1, 0.15) is 0 Å². The van der Waals surface area contributed by atoms with Gasteiger partial charge in [0.25, 0.3) is 0 Å². The van der Waals surface area contributed by atoms with Gasteiger partial charge in [0.05, 0.1) is 0 Å². The molecule has 0 aliphatic rings. The molecule has 0 fully saturated rings. The highest BCUT2D eigenvalue weighted by atomic mass is 79.9. The second-order valence-electron chi connectivity index (χ2n) is 2.37. The number of rotatable bonds is 1. The molecule has 0 aliphatic heterocycles. The molecule has 0 N–H and O–H groups in total. The fraction of sp³-hybridized carbons (Fsp3) is 0. The van der Waals surface area contributed by atoms with Crippen molar-refractivity contribution in [1.29, 1.82) is 0 Å². The van der Waals surface area contributed by atoms with Gasteiger partial charge in [-0.2, -0.15) is 0 Å². The highest BCUT2D eigenvalue weighted by Gasteiger charge is 2.16. The maximum atomic E-state index is 10.3. The van der Waals surface area contributed by atoms with Gasteiger partial charge in [0, 0.05) is 20.4 Å². The molecule has 2 rings (SSSR count). The zero-order chi connectivity index (χ0) is 9.42. The maximum absolute atomic E-state index is 10.3. The largest absolute Gasteiger partial charge is 0.546 e. The van der Waals surface area contributed by atoms with Crippen molar-refractivity contribution < 1.29 is 9.34 Å². The molecule has 0 aliphatic carbocycles. The lowest BCUT2D eigenvalue weighted by Crippen LogP contribution is -1.85. The first kappa shape index (κ1) is 8.18. The first-order valence-corrected chi connectivity index (χ1v) is 4.16. The van der Waals surface area contributed by atoms with Crippen molar-refractivity contribution in [3.63, 3.8) is 0 Å². The molecule has 1 aromatic carbocycles. The normalized spacial score (nSPS) is 10.5. The van der Waals surface area contributed by atoms with Crippen molar-refractivity contribution in [1.82, 2.24) is 4.98 Å². The molecular formula is C7H3BrN2O3. The second-order valence-corrected chi connectivity index (χ2v) is 3.28. The van der Waals surface area contributed by atoms with Gasteiger partial charge in [0.15, 0.2) is 5.58 Å². The Balaban J connectivity index is 2.68. The van der Waals surface area contributed by atoms with Gasteiger partial charge < -0.3 is 14.5 Å². The van der Waals surface area contributed by atoms with E-state index in [1.807, 2.05) is 0 Å². The summed E-state index contributed by atoms with van der Waals surface area (Å²) in [5, 5.41) is 10.3. The van der Waals surface area contributed by atoms with Crippen LogP contribution in [0.4, 0.5) is 6.01 Å². The van der Waals surface area contributed by atoms with Gasteiger partial charge in [-0.1, -0.05) is 15.9 Å². The van der Waals surface area contributed by atoms with Crippen LogP contribution in [0.5, 0.6) is 0 Å². The summed E-state index contributed by atoms with van der Waals surface area (Å²) in [5.41, 5.74) is 0.885. The van der Waals surface area contributed by atoms with Crippen LogP contribution in [0.2, 0.25) is 0 Å². The van der Waals surface area contributed by atoms with Crippen LogP contribution in [-0.4, -0.2) is 9.91 Å². The molecule has 13 heavy (non-hydrogen) atoms. The molecule has 0 radical (unpaired) electrons. The summed E-state index contributed by atoms with van der Waals surface area (Å²) in [5.74, 6) is 0. The van der Waals surface area contributed by atoms with E-state index < -0.39 is 10.9 Å². The predicted octanol–water partition coefficient (Wildman–Crippen LogP) is 2.50. The van der Waals surface area contributed by atoms with Crippen LogP contribution < -0.4 is 0 Å². The number of fused-ring (bicyclic) bond motifs is 1. The molecule has 6 heteroatoms. The van der Waals surface area contributed by atoms with Gasteiger partial charge in [0.1, 0.15) is 0 Å². The number of benzene rings is 1. The minimum atomic E-state index is -0.659. The smallest absolute Gasteiger partial charge is 0.381 e. The second kappa shape index (κ2) is 2.81. The average molecular weight is 243 g/mol. The molecule has 1 aromatic heterocycles. The van der Waals surface area contributed by atoms with Crippen LogP contribution in [0.25, 0.3) is 11.1 Å². The van der Waals surface area contributed by atoms with Crippen LogP contribution in [0.3, 0.4) is 0 Å². The molecule has 0 amide bonds. The molecule has 0 bridgehead atoms. The van der Waals surface area contributed by atoms with E-state index >= 15 is 0 Å². The summed E-state index contributed by atoms with van der Waals surface area (Å²) in [6.45, 7) is 0. The molecule has 1 heterocycles. The van der Waals surface area contributed by atoms with Crippen LogP contribution in [-0.2, 0) is 0 Å². The number of oxazole rings is 1. The quantitative estimate of drug-likeness (QED) is 0.569. The Labute approximate surface area is 80.6 Å². The van der Waals surface area contributed by atoms with E-state index in [1.54, 1.807) is 18.2 Å². The average Bonchev–Trinajstić information content (AvgIpc) is 2.46. The topological polar surface area (TPSA) is 69.2 Å². The van der Waals surface area contributed by atoms with Crippen molar-refractivity contribution in [3.05, 3.63) is 32.8 Å². The lowest BCUT2D eigenvalue weighted by molar-refractivity contribution is -0.406. The SMILES string of the molecule is O=[N+]([O-])c1nc2cc(Br)ccc2o1. The van der Waals surface area contributed by atoms with Gasteiger partial charge in [-0.25, -0.2) is 0 Å². The summed E-state index contributed by atoms with van der Waals surface area (Å²) in [7, 11) is 0. The summed E-state index contributed by atoms with van der Waals surface area (Å²) >= 11 is 3.23. The molecule has 66 valence electrons. The Morgan fingerprint density at radius 1 is 1.54 bits per heavy atom. The third-order valence-corrected chi connectivity index (χ3v) is 1.99. The van der Waals surface area contributed by atoms with Gasteiger partial charge in [-0.3, -0.25) is 0 Å². The van der Waals surface area contributed by atoms with Gasteiger partial charge in [-0.15, -0.1) is 0 Å². The lowest BCUT2D eigenvalue weighted by Gasteiger charge is -1.83. The van der Waals surface area contributed by atoms with Crippen LogP contribution in [0.15, 0.2) is 27.1 Å². The number of halogens is 1. The molecule has 0 unspecified atom stereocenters. The van der Waals surface area contributed by atoms with Crippen molar-refractivity contribution >= 4 is 33.0 Å². The van der Waals surface area contributed by atoms with Gasteiger partial charge >= 0.3 is 6.01 Å². The lowest BCUT2D eigenvalue weighted by atomic mass is 10.3. The number of hydrogen-bond acceptors (Lipinski definition) is 4. The van der Waals surface area contributed by atoms with Crippen molar-refractivity contribution in [2.24, 2.45) is 0 Å². The zero-order valence-corrected chi connectivity index (χ0v) is 7.82. The van der Waals surface area contributed by atoms with E-state index in [2.05, 4.69) is 20.9 Å². The molecule has 0 atom stereocenters. The Hall–Kier alpha value is -1.43. The Morgan fingerprint density at radius 3 is 3.00 bits per heavy atom. The third-order valence-electron chi connectivity index (χ3n) is 1.49. The molecular weight excluding hydrogens is 240 g/mol. The zero-order valence-electron chi connectivity index (χ0n) is 6.23. The van der Waals surface area contributed by atoms with E-state index in [-0.39, 0.29) is 0 Å². The maximum Gasteiger partial charge on any atom is 0.546 e. The van der Waals surface area contributed by atoms with E-state index in [9.17, 15) is 10.1 Å². The predicted molar refractivity (Wildman–Crippen MR) is 48.4 cm³/mol. The van der Waals surface area contributed by atoms with Crippen LogP contribution >= 0.6 is 15.9 Å². The van der Waals surface area contributed by atoms with Crippen molar-refractivity contribution in [2.45, 2.75) is 0 Å². The number of nitro groups is 1. The van der Waals surface area contributed by atoms with E-state index in [0.717, 1.165) is 4.47 Å². The van der Waals surface area contributed by atoms with E-state index in [0.29, 0.717) is 11.1 Å². The Morgan fingerprint density at radius 2 is 2.31 bits per heavy atom. The van der Waals surface area contributed by atoms with Gasteiger partial charge in [0.2, 0.25) is 5.52 Å². The highest BCUT2D eigenvalue weighted by Crippen LogP contribution is 2.23. The Bertz CT molecular complexity index is 480. The van der Waals surface area contributed by atoms with Crippen LogP contribution in [0, 0.1) is 10.1 Å². The monoisotopic (exact) mass is 242 g/mol. The first-order chi connectivity index (χ1) is 6.16. The minimum Gasteiger partial charge on any atom is -0.381 e.